The van der Waals surface area contributed by atoms with E-state index in [1.54, 1.807) is 18.0 Å². The van der Waals surface area contributed by atoms with Crippen molar-refractivity contribution < 1.29 is 9.21 Å². The number of furan rings is 1. The molecule has 78 valence electrons. The number of hydrogen-bond acceptors (Lipinski definition) is 4. The lowest BCUT2D eigenvalue weighted by atomic mass is 10.1. The average molecular weight is 221 g/mol. The number of carbonyl (C=O) groups excluding carboxylic acids is 1. The van der Waals surface area contributed by atoms with Gasteiger partial charge in [-0.05, 0) is 12.1 Å². The van der Waals surface area contributed by atoms with Gasteiger partial charge in [0.15, 0.2) is 0 Å². The maximum Gasteiger partial charge on any atom is 0.138 e. The van der Waals surface area contributed by atoms with Crippen LogP contribution < -0.4 is 0 Å². The lowest BCUT2D eigenvalue weighted by molar-refractivity contribution is -0.118. The Morgan fingerprint density at radius 1 is 1.53 bits per heavy atom. The Kier molecular flexibility index (Phi) is 3.29. The summed E-state index contributed by atoms with van der Waals surface area (Å²) in [7, 11) is 0. The third-order valence-corrected chi connectivity index (χ3v) is 2.86. The minimum atomic E-state index is 0.232. The minimum Gasteiger partial charge on any atom is -0.469 e. The number of thiazole rings is 1. The van der Waals surface area contributed by atoms with Gasteiger partial charge in [-0.3, -0.25) is 9.78 Å². The molecule has 0 bridgehead atoms. The molecule has 0 unspecified atom stereocenters. The number of rotatable bonds is 5. The summed E-state index contributed by atoms with van der Waals surface area (Å²) < 4.78 is 5.16. The van der Waals surface area contributed by atoms with Gasteiger partial charge < -0.3 is 4.42 Å². The summed E-state index contributed by atoms with van der Waals surface area (Å²) in [5, 5.41) is 0. The maximum atomic E-state index is 11.5. The first-order valence-electron chi connectivity index (χ1n) is 4.76. The molecule has 0 saturated heterocycles. The van der Waals surface area contributed by atoms with Crippen molar-refractivity contribution in [2.45, 2.75) is 19.3 Å². The molecule has 3 nitrogen and oxygen atoms in total. The van der Waals surface area contributed by atoms with Crippen LogP contribution in [0.1, 0.15) is 17.1 Å². The van der Waals surface area contributed by atoms with Gasteiger partial charge in [-0.2, -0.15) is 0 Å². The Labute approximate surface area is 91.8 Å². The van der Waals surface area contributed by atoms with Gasteiger partial charge in [0.25, 0.3) is 0 Å². The summed E-state index contributed by atoms with van der Waals surface area (Å²) in [6, 6.07) is 3.73. The molecule has 2 aromatic rings. The van der Waals surface area contributed by atoms with Gasteiger partial charge in [0, 0.05) is 30.3 Å². The molecule has 4 heteroatoms. The molecule has 2 aromatic heterocycles. The monoisotopic (exact) mass is 221 g/mol. The van der Waals surface area contributed by atoms with E-state index in [1.165, 1.54) is 11.3 Å². The van der Waals surface area contributed by atoms with Crippen LogP contribution in [0.2, 0.25) is 0 Å². The van der Waals surface area contributed by atoms with Crippen molar-refractivity contribution in [3.8, 4) is 0 Å². The predicted molar refractivity (Wildman–Crippen MR) is 57.9 cm³/mol. The van der Waals surface area contributed by atoms with E-state index in [1.807, 2.05) is 12.1 Å². The Hall–Kier alpha value is -1.42. The largest absolute Gasteiger partial charge is 0.469 e. The number of carbonyl (C=O) groups is 1. The first-order chi connectivity index (χ1) is 7.34. The molecule has 0 aliphatic rings. The van der Waals surface area contributed by atoms with E-state index >= 15 is 0 Å². The van der Waals surface area contributed by atoms with Crippen LogP contribution in [-0.4, -0.2) is 10.8 Å². The van der Waals surface area contributed by atoms with Gasteiger partial charge in [-0.25, -0.2) is 0 Å². The molecular formula is C11H11NO2S. The first kappa shape index (κ1) is 10.1. The van der Waals surface area contributed by atoms with E-state index in [4.69, 9.17) is 4.42 Å². The zero-order chi connectivity index (χ0) is 10.5. The molecule has 0 aliphatic carbocycles. The van der Waals surface area contributed by atoms with Gasteiger partial charge in [0.2, 0.25) is 0 Å². The van der Waals surface area contributed by atoms with Crippen molar-refractivity contribution >= 4 is 17.1 Å². The molecule has 0 aliphatic heterocycles. The molecule has 2 rings (SSSR count). The number of ketones is 1. The fourth-order valence-corrected chi connectivity index (χ4v) is 1.95. The second-order valence-corrected chi connectivity index (χ2v) is 4.23. The standard InChI is InChI=1S/C11H11NO2S/c13-9(6-11-7-12-8-15-11)3-4-10-2-1-5-14-10/h1-2,5,7-8H,3-4,6H2. The van der Waals surface area contributed by atoms with Crippen molar-refractivity contribution in [2.75, 3.05) is 0 Å². The van der Waals surface area contributed by atoms with Crippen molar-refractivity contribution in [1.82, 2.24) is 4.98 Å². The maximum absolute atomic E-state index is 11.5. The SMILES string of the molecule is O=C(CCc1ccco1)Cc1cncs1. The van der Waals surface area contributed by atoms with E-state index in [0.29, 0.717) is 19.3 Å². The number of aromatic nitrogens is 1. The first-order valence-corrected chi connectivity index (χ1v) is 5.64. The van der Waals surface area contributed by atoms with E-state index < -0.39 is 0 Å². The third kappa shape index (κ3) is 3.02. The lowest BCUT2D eigenvalue weighted by Gasteiger charge is -1.96. The molecule has 0 spiro atoms. The number of nitrogens with zero attached hydrogens (tertiary/aromatic N) is 1. The highest BCUT2D eigenvalue weighted by Gasteiger charge is 2.06. The van der Waals surface area contributed by atoms with Gasteiger partial charge >= 0.3 is 0 Å². The van der Waals surface area contributed by atoms with Crippen LogP contribution >= 0.6 is 11.3 Å². The Morgan fingerprint density at radius 3 is 3.13 bits per heavy atom. The zero-order valence-corrected chi connectivity index (χ0v) is 9.00. The van der Waals surface area contributed by atoms with Crippen LogP contribution in [-0.2, 0) is 17.6 Å². The van der Waals surface area contributed by atoms with E-state index in [9.17, 15) is 4.79 Å². The highest BCUT2D eigenvalue weighted by atomic mass is 32.1. The lowest BCUT2D eigenvalue weighted by Crippen LogP contribution is -2.02. The molecule has 2 heterocycles. The molecule has 0 N–H and O–H groups in total. The van der Waals surface area contributed by atoms with Crippen LogP contribution in [0.3, 0.4) is 0 Å². The van der Waals surface area contributed by atoms with Crippen LogP contribution in [0.5, 0.6) is 0 Å². The fraction of sp³-hybridized carbons (Fsp3) is 0.273. The zero-order valence-electron chi connectivity index (χ0n) is 8.18. The number of Topliss-reactive ketones (excluding diaryl/α,β-unsaturated/α-hetero) is 1. The summed E-state index contributed by atoms with van der Waals surface area (Å²) >= 11 is 1.52. The van der Waals surface area contributed by atoms with Crippen LogP contribution in [0.15, 0.2) is 34.5 Å². The summed E-state index contributed by atoms with van der Waals surface area (Å²) in [5.74, 6) is 1.10. The van der Waals surface area contributed by atoms with E-state index in [2.05, 4.69) is 4.98 Å². The Balaban J connectivity index is 1.78. The molecule has 0 fully saturated rings. The minimum absolute atomic E-state index is 0.232. The van der Waals surface area contributed by atoms with E-state index in [-0.39, 0.29) is 5.78 Å². The molecule has 0 radical (unpaired) electrons. The van der Waals surface area contributed by atoms with Crippen molar-refractivity contribution in [1.29, 1.82) is 0 Å². The highest BCUT2D eigenvalue weighted by molar-refractivity contribution is 7.09. The van der Waals surface area contributed by atoms with Crippen LogP contribution in [0, 0.1) is 0 Å². The predicted octanol–water partition coefficient (Wildman–Crippen LogP) is 2.48. The van der Waals surface area contributed by atoms with Crippen molar-refractivity contribution in [3.05, 3.63) is 40.7 Å². The van der Waals surface area contributed by atoms with Crippen molar-refractivity contribution in [2.24, 2.45) is 0 Å². The molecule has 0 amide bonds. The molecule has 0 saturated carbocycles. The summed E-state index contributed by atoms with van der Waals surface area (Å²) in [6.07, 6.45) is 5.08. The molecule has 0 atom stereocenters. The summed E-state index contributed by atoms with van der Waals surface area (Å²) in [6.45, 7) is 0. The average Bonchev–Trinajstić information content (AvgIpc) is 2.86. The normalized spacial score (nSPS) is 10.4. The molecule has 15 heavy (non-hydrogen) atoms. The van der Waals surface area contributed by atoms with Gasteiger partial charge in [-0.15, -0.1) is 11.3 Å². The quantitative estimate of drug-likeness (QED) is 0.779. The molecule has 0 aromatic carbocycles. The number of aryl methyl sites for hydroxylation is 1. The van der Waals surface area contributed by atoms with Gasteiger partial charge in [0.1, 0.15) is 11.5 Å². The Morgan fingerprint density at radius 2 is 2.47 bits per heavy atom. The van der Waals surface area contributed by atoms with E-state index in [0.717, 1.165) is 10.6 Å². The van der Waals surface area contributed by atoms with Crippen LogP contribution in [0.4, 0.5) is 0 Å². The second kappa shape index (κ2) is 4.89. The van der Waals surface area contributed by atoms with Crippen molar-refractivity contribution in [3.63, 3.8) is 0 Å². The third-order valence-electron chi connectivity index (χ3n) is 2.09. The fourth-order valence-electron chi connectivity index (χ4n) is 1.33. The second-order valence-electron chi connectivity index (χ2n) is 3.26. The summed E-state index contributed by atoms with van der Waals surface area (Å²) in [5.41, 5.74) is 1.75. The number of hydrogen-bond donors (Lipinski definition) is 0. The smallest absolute Gasteiger partial charge is 0.138 e. The summed E-state index contributed by atoms with van der Waals surface area (Å²) in [4.78, 5) is 16.5. The highest BCUT2D eigenvalue weighted by Crippen LogP contribution is 2.10. The van der Waals surface area contributed by atoms with Crippen LogP contribution in [0.25, 0.3) is 0 Å². The Bertz CT molecular complexity index is 406. The topological polar surface area (TPSA) is 43.1 Å². The van der Waals surface area contributed by atoms with Gasteiger partial charge in [-0.1, -0.05) is 0 Å². The molecular weight excluding hydrogens is 210 g/mol. The van der Waals surface area contributed by atoms with Gasteiger partial charge in [0.05, 0.1) is 11.8 Å².